The van der Waals surface area contributed by atoms with Gasteiger partial charge in [0.15, 0.2) is 11.5 Å². The zero-order chi connectivity index (χ0) is 19.5. The van der Waals surface area contributed by atoms with Gasteiger partial charge in [-0.25, -0.2) is 0 Å². The van der Waals surface area contributed by atoms with E-state index in [1.54, 1.807) is 38.4 Å². The number of benzene rings is 1. The summed E-state index contributed by atoms with van der Waals surface area (Å²) < 4.78 is 16.0. The number of carboxylic acids is 1. The Kier molecular flexibility index (Phi) is 6.13. The van der Waals surface area contributed by atoms with Crippen molar-refractivity contribution in [2.45, 2.75) is 44.2 Å². The molecule has 1 heterocycles. The van der Waals surface area contributed by atoms with Crippen LogP contribution in [0.1, 0.15) is 32.3 Å². The summed E-state index contributed by atoms with van der Waals surface area (Å²) in [5.74, 6) is 0.0806. The quantitative estimate of drug-likeness (QED) is 0.796. The van der Waals surface area contributed by atoms with Crippen LogP contribution in [0.15, 0.2) is 18.2 Å². The summed E-state index contributed by atoms with van der Waals surface area (Å²) in [4.78, 5) is 26.1. The molecule has 2 atom stereocenters. The van der Waals surface area contributed by atoms with Gasteiger partial charge in [-0.1, -0.05) is 6.07 Å². The molecule has 1 aliphatic rings. The Bertz CT molecular complexity index is 672. The number of rotatable bonds is 7. The summed E-state index contributed by atoms with van der Waals surface area (Å²) in [6.07, 6.45) is 0.286. The molecule has 0 saturated carbocycles. The number of carbonyl (C=O) groups excluding carboxylic acids is 1. The third-order valence-corrected chi connectivity index (χ3v) is 5.02. The molecule has 0 aromatic heterocycles. The van der Waals surface area contributed by atoms with Crippen molar-refractivity contribution in [2.24, 2.45) is 0 Å². The Morgan fingerprint density at radius 3 is 2.38 bits per heavy atom. The van der Waals surface area contributed by atoms with Crippen LogP contribution >= 0.6 is 0 Å². The van der Waals surface area contributed by atoms with Crippen molar-refractivity contribution < 1.29 is 28.9 Å². The monoisotopic (exact) mass is 365 g/mol. The Morgan fingerprint density at radius 2 is 1.85 bits per heavy atom. The lowest BCUT2D eigenvalue weighted by atomic mass is 9.82. The van der Waals surface area contributed by atoms with Crippen LogP contribution in [0.25, 0.3) is 0 Å². The van der Waals surface area contributed by atoms with Crippen LogP contribution in [0.3, 0.4) is 0 Å². The molecule has 0 bridgehead atoms. The minimum absolute atomic E-state index is 0.0897. The Hall–Kier alpha value is -2.28. The number of hydrogen-bond acceptors (Lipinski definition) is 5. The summed E-state index contributed by atoms with van der Waals surface area (Å²) in [6.45, 7) is 4.05. The van der Waals surface area contributed by atoms with Gasteiger partial charge < -0.3 is 24.2 Å². The van der Waals surface area contributed by atoms with Crippen LogP contribution in [0.4, 0.5) is 0 Å². The predicted molar refractivity (Wildman–Crippen MR) is 95.7 cm³/mol. The SMILES string of the molecule is COc1ccc(C(C)(C)C(=O)N2CC(OC)CC2CC(=O)O)cc1OC. The average Bonchev–Trinajstić information content (AvgIpc) is 3.02. The predicted octanol–water partition coefficient (Wildman–Crippen LogP) is 2.07. The second-order valence-corrected chi connectivity index (χ2v) is 7.00. The number of ether oxygens (including phenoxy) is 3. The van der Waals surface area contributed by atoms with Crippen LogP contribution in [-0.2, 0) is 19.7 Å². The highest BCUT2D eigenvalue weighted by Gasteiger charge is 2.43. The zero-order valence-corrected chi connectivity index (χ0v) is 15.9. The zero-order valence-electron chi connectivity index (χ0n) is 15.9. The van der Waals surface area contributed by atoms with Crippen molar-refractivity contribution in [3.63, 3.8) is 0 Å². The average molecular weight is 365 g/mol. The van der Waals surface area contributed by atoms with E-state index < -0.39 is 11.4 Å². The van der Waals surface area contributed by atoms with E-state index in [4.69, 9.17) is 19.3 Å². The van der Waals surface area contributed by atoms with Crippen LogP contribution < -0.4 is 9.47 Å². The number of hydrogen-bond donors (Lipinski definition) is 1. The molecule has 1 aromatic rings. The first-order chi connectivity index (χ1) is 12.2. The Balaban J connectivity index is 2.32. The largest absolute Gasteiger partial charge is 0.493 e. The molecular weight excluding hydrogens is 338 g/mol. The molecule has 1 fully saturated rings. The second kappa shape index (κ2) is 7.95. The normalized spacial score (nSPS) is 20.1. The standard InChI is InChI=1S/C19H27NO6/c1-19(2,12-6-7-15(25-4)16(8-12)26-5)18(23)20-11-14(24-3)9-13(20)10-17(21)22/h6-8,13-14H,9-11H2,1-5H3,(H,21,22). The minimum atomic E-state index is -0.923. The summed E-state index contributed by atoms with van der Waals surface area (Å²) in [5, 5.41) is 9.17. The number of methoxy groups -OCH3 is 3. The molecule has 0 radical (unpaired) electrons. The molecule has 7 nitrogen and oxygen atoms in total. The van der Waals surface area contributed by atoms with Gasteiger partial charge in [-0.2, -0.15) is 0 Å². The second-order valence-electron chi connectivity index (χ2n) is 7.00. The fourth-order valence-electron chi connectivity index (χ4n) is 3.40. The van der Waals surface area contributed by atoms with Crippen molar-refractivity contribution in [3.8, 4) is 11.5 Å². The van der Waals surface area contributed by atoms with Crippen LogP contribution in [0, 0.1) is 0 Å². The Morgan fingerprint density at radius 1 is 1.19 bits per heavy atom. The van der Waals surface area contributed by atoms with E-state index in [0.717, 1.165) is 5.56 Å². The highest BCUT2D eigenvalue weighted by Crippen LogP contribution is 2.36. The van der Waals surface area contributed by atoms with Gasteiger partial charge in [0.1, 0.15) is 0 Å². The number of likely N-dealkylation sites (tertiary alicyclic amines) is 1. The number of aliphatic carboxylic acids is 1. The van der Waals surface area contributed by atoms with E-state index in [9.17, 15) is 9.59 Å². The maximum atomic E-state index is 13.3. The lowest BCUT2D eigenvalue weighted by Crippen LogP contribution is -2.46. The van der Waals surface area contributed by atoms with E-state index in [-0.39, 0.29) is 24.5 Å². The molecule has 1 amide bonds. The molecule has 1 aromatic carbocycles. The third-order valence-electron chi connectivity index (χ3n) is 5.02. The first-order valence-corrected chi connectivity index (χ1v) is 8.52. The lowest BCUT2D eigenvalue weighted by Gasteiger charge is -2.33. The van der Waals surface area contributed by atoms with Crippen molar-refractivity contribution in [1.29, 1.82) is 0 Å². The number of carbonyl (C=O) groups is 2. The topological polar surface area (TPSA) is 85.3 Å². The molecule has 2 unspecified atom stereocenters. The van der Waals surface area contributed by atoms with Gasteiger partial charge in [0.05, 0.1) is 32.2 Å². The molecule has 0 aliphatic carbocycles. The molecule has 144 valence electrons. The highest BCUT2D eigenvalue weighted by atomic mass is 16.5. The van der Waals surface area contributed by atoms with E-state index in [1.165, 1.54) is 0 Å². The number of nitrogens with zero attached hydrogens (tertiary/aromatic N) is 1. The van der Waals surface area contributed by atoms with E-state index in [0.29, 0.717) is 24.5 Å². The van der Waals surface area contributed by atoms with Gasteiger partial charge in [-0.15, -0.1) is 0 Å². The molecule has 1 N–H and O–H groups in total. The summed E-state index contributed by atoms with van der Waals surface area (Å²) in [5.41, 5.74) is -0.0750. The van der Waals surface area contributed by atoms with Crippen LogP contribution in [0.2, 0.25) is 0 Å². The maximum Gasteiger partial charge on any atom is 0.305 e. The molecule has 0 spiro atoms. The first kappa shape index (κ1) is 20.0. The van der Waals surface area contributed by atoms with E-state index in [1.807, 2.05) is 19.9 Å². The van der Waals surface area contributed by atoms with Crippen LogP contribution in [0.5, 0.6) is 11.5 Å². The van der Waals surface area contributed by atoms with Crippen LogP contribution in [-0.4, -0.2) is 61.9 Å². The van der Waals surface area contributed by atoms with Gasteiger partial charge >= 0.3 is 5.97 Å². The number of carboxylic acid groups (broad SMARTS) is 1. The number of amides is 1. The first-order valence-electron chi connectivity index (χ1n) is 8.52. The Labute approximate surface area is 153 Å². The smallest absolute Gasteiger partial charge is 0.305 e. The van der Waals surface area contributed by atoms with Gasteiger partial charge in [0.25, 0.3) is 0 Å². The molecule has 1 saturated heterocycles. The molecular formula is C19H27NO6. The van der Waals surface area contributed by atoms with Gasteiger partial charge in [-0.05, 0) is 38.0 Å². The maximum absolute atomic E-state index is 13.3. The van der Waals surface area contributed by atoms with E-state index >= 15 is 0 Å². The minimum Gasteiger partial charge on any atom is -0.493 e. The summed E-state index contributed by atoms with van der Waals surface area (Å²) >= 11 is 0. The van der Waals surface area contributed by atoms with Crippen molar-refractivity contribution in [2.75, 3.05) is 27.9 Å². The highest BCUT2D eigenvalue weighted by molar-refractivity contribution is 5.88. The van der Waals surface area contributed by atoms with E-state index in [2.05, 4.69) is 0 Å². The molecule has 2 rings (SSSR count). The fraction of sp³-hybridized carbons (Fsp3) is 0.579. The summed E-state index contributed by atoms with van der Waals surface area (Å²) in [6, 6.07) is 5.01. The van der Waals surface area contributed by atoms with Gasteiger partial charge in [-0.3, -0.25) is 9.59 Å². The van der Waals surface area contributed by atoms with Gasteiger partial charge in [0.2, 0.25) is 5.91 Å². The third kappa shape index (κ3) is 3.93. The summed E-state index contributed by atoms with van der Waals surface area (Å²) in [7, 11) is 4.68. The molecule has 7 heteroatoms. The van der Waals surface area contributed by atoms with Crippen molar-refractivity contribution in [3.05, 3.63) is 23.8 Å². The van der Waals surface area contributed by atoms with Crippen molar-refractivity contribution >= 4 is 11.9 Å². The molecule has 1 aliphatic heterocycles. The van der Waals surface area contributed by atoms with Gasteiger partial charge in [0, 0.05) is 19.7 Å². The van der Waals surface area contributed by atoms with Crippen molar-refractivity contribution in [1.82, 2.24) is 4.90 Å². The molecule has 26 heavy (non-hydrogen) atoms. The lowest BCUT2D eigenvalue weighted by molar-refractivity contribution is -0.141. The fourth-order valence-corrected chi connectivity index (χ4v) is 3.40.